The average molecular weight is 358 g/mol. The summed E-state index contributed by atoms with van der Waals surface area (Å²) < 4.78 is 0. The Morgan fingerprint density at radius 3 is 2.37 bits per heavy atom. The highest BCUT2D eigenvalue weighted by Crippen LogP contribution is 2.33. The molecule has 0 aromatic carbocycles. The van der Waals surface area contributed by atoms with E-state index in [0.717, 1.165) is 30.7 Å². The largest absolute Gasteiger partial charge is 0.300 e. The van der Waals surface area contributed by atoms with E-state index in [1.54, 1.807) is 0 Å². The van der Waals surface area contributed by atoms with Crippen molar-refractivity contribution in [2.45, 2.75) is 51.6 Å². The Morgan fingerprint density at radius 2 is 1.59 bits per heavy atom. The van der Waals surface area contributed by atoms with Crippen LogP contribution in [0.5, 0.6) is 0 Å². The van der Waals surface area contributed by atoms with Gasteiger partial charge in [0.15, 0.2) is 0 Å². The third-order valence-corrected chi connectivity index (χ3v) is 5.38. The van der Waals surface area contributed by atoms with E-state index in [9.17, 15) is 0 Å². The van der Waals surface area contributed by atoms with Crippen LogP contribution in [0.3, 0.4) is 0 Å². The number of pyridine rings is 3. The van der Waals surface area contributed by atoms with Crippen molar-refractivity contribution in [1.82, 2.24) is 20.3 Å². The number of rotatable bonds is 4. The number of hydrogen-bond acceptors (Lipinski definition) is 4. The highest BCUT2D eigenvalue weighted by atomic mass is 15.0. The van der Waals surface area contributed by atoms with Crippen LogP contribution >= 0.6 is 0 Å². The van der Waals surface area contributed by atoms with Crippen LogP contribution in [0.15, 0.2) is 54.9 Å². The number of nitrogens with zero attached hydrogens (tertiary/aromatic N) is 3. The van der Waals surface area contributed by atoms with E-state index in [-0.39, 0.29) is 6.04 Å². The number of nitrogens with one attached hydrogen (secondary N) is 1. The minimum atomic E-state index is 0.272. The molecule has 3 aromatic rings. The number of hydrogen-bond donors (Lipinski definition) is 1. The molecule has 4 heteroatoms. The van der Waals surface area contributed by atoms with Crippen LogP contribution in [0.25, 0.3) is 0 Å². The lowest BCUT2D eigenvalue weighted by Gasteiger charge is -2.32. The maximum absolute atomic E-state index is 5.02. The van der Waals surface area contributed by atoms with Crippen LogP contribution in [0.2, 0.25) is 0 Å². The Hall–Kier alpha value is -2.59. The van der Waals surface area contributed by atoms with E-state index < -0.39 is 0 Å². The standard InChI is InChI=1S/C23H26N4/c1-16-7-6-14-25-22(16)20-9-5-10-21(27-20)23-17(2)11-12-19(26-23)15-18-8-3-4-13-24-18/h3-4,6-8,11-14,20-21,27H,5,9-10,15H2,1-2H3/t20-,21+/m0/s1. The Balaban J connectivity index is 1.57. The molecule has 1 saturated heterocycles. The molecule has 0 amide bonds. The molecule has 4 rings (SSSR count). The molecule has 0 saturated carbocycles. The van der Waals surface area contributed by atoms with Gasteiger partial charge in [-0.3, -0.25) is 15.0 Å². The molecule has 1 N–H and O–H groups in total. The molecular weight excluding hydrogens is 332 g/mol. The zero-order valence-corrected chi connectivity index (χ0v) is 16.0. The molecule has 0 bridgehead atoms. The summed E-state index contributed by atoms with van der Waals surface area (Å²) in [5.74, 6) is 0. The monoisotopic (exact) mass is 358 g/mol. The summed E-state index contributed by atoms with van der Waals surface area (Å²) in [5.41, 5.74) is 6.97. The lowest BCUT2D eigenvalue weighted by Crippen LogP contribution is -2.32. The topological polar surface area (TPSA) is 50.7 Å². The van der Waals surface area contributed by atoms with Gasteiger partial charge in [-0.2, -0.15) is 0 Å². The molecule has 138 valence electrons. The van der Waals surface area contributed by atoms with Gasteiger partial charge in [-0.25, -0.2) is 0 Å². The van der Waals surface area contributed by atoms with Gasteiger partial charge in [0, 0.05) is 30.2 Å². The maximum Gasteiger partial charge on any atom is 0.0605 e. The Bertz CT molecular complexity index is 907. The minimum absolute atomic E-state index is 0.272. The van der Waals surface area contributed by atoms with Crippen molar-refractivity contribution >= 4 is 0 Å². The number of aryl methyl sites for hydroxylation is 2. The summed E-state index contributed by atoms with van der Waals surface area (Å²) in [5, 5.41) is 3.82. The molecular formula is C23H26N4. The molecule has 4 heterocycles. The lowest BCUT2D eigenvalue weighted by atomic mass is 9.91. The molecule has 2 atom stereocenters. The van der Waals surface area contributed by atoms with Crippen LogP contribution in [-0.2, 0) is 6.42 Å². The highest BCUT2D eigenvalue weighted by Gasteiger charge is 2.27. The van der Waals surface area contributed by atoms with Gasteiger partial charge in [-0.1, -0.05) is 18.2 Å². The summed E-state index contributed by atoms with van der Waals surface area (Å²) in [6.07, 6.45) is 7.93. The fraction of sp³-hybridized carbons (Fsp3) is 0.348. The van der Waals surface area contributed by atoms with Gasteiger partial charge >= 0.3 is 0 Å². The van der Waals surface area contributed by atoms with Crippen molar-refractivity contribution in [1.29, 1.82) is 0 Å². The van der Waals surface area contributed by atoms with Gasteiger partial charge < -0.3 is 5.32 Å². The van der Waals surface area contributed by atoms with Crippen LogP contribution < -0.4 is 5.32 Å². The summed E-state index contributed by atoms with van der Waals surface area (Å²) in [6, 6.07) is 15.1. The molecule has 0 unspecified atom stereocenters. The van der Waals surface area contributed by atoms with Crippen LogP contribution in [-0.4, -0.2) is 15.0 Å². The predicted molar refractivity (Wildman–Crippen MR) is 107 cm³/mol. The zero-order chi connectivity index (χ0) is 18.6. The molecule has 1 aliphatic rings. The van der Waals surface area contributed by atoms with E-state index >= 15 is 0 Å². The highest BCUT2D eigenvalue weighted by molar-refractivity contribution is 5.28. The Morgan fingerprint density at radius 1 is 0.815 bits per heavy atom. The van der Waals surface area contributed by atoms with Crippen molar-refractivity contribution in [2.24, 2.45) is 0 Å². The fourth-order valence-corrected chi connectivity index (χ4v) is 3.96. The van der Waals surface area contributed by atoms with E-state index in [2.05, 4.69) is 53.4 Å². The van der Waals surface area contributed by atoms with Gasteiger partial charge in [-0.15, -0.1) is 0 Å². The smallest absolute Gasteiger partial charge is 0.0605 e. The maximum atomic E-state index is 5.02. The normalized spacial score (nSPS) is 19.8. The van der Waals surface area contributed by atoms with Gasteiger partial charge in [0.05, 0.1) is 23.5 Å². The van der Waals surface area contributed by atoms with Gasteiger partial charge in [0.25, 0.3) is 0 Å². The van der Waals surface area contributed by atoms with Gasteiger partial charge in [0.1, 0.15) is 0 Å². The fourth-order valence-electron chi connectivity index (χ4n) is 3.96. The molecule has 3 aromatic heterocycles. The zero-order valence-electron chi connectivity index (χ0n) is 16.0. The first-order valence-corrected chi connectivity index (χ1v) is 9.74. The first-order chi connectivity index (χ1) is 13.2. The van der Waals surface area contributed by atoms with Gasteiger partial charge in [-0.05, 0) is 68.5 Å². The summed E-state index contributed by atoms with van der Waals surface area (Å²) in [7, 11) is 0. The van der Waals surface area contributed by atoms with E-state index in [4.69, 9.17) is 4.98 Å². The number of aromatic nitrogens is 3. The van der Waals surface area contributed by atoms with Crippen molar-refractivity contribution in [3.63, 3.8) is 0 Å². The SMILES string of the molecule is Cc1cccnc1[C@@H]1CCC[C@H](c2nc(Cc3ccccn3)ccc2C)N1. The number of piperidine rings is 1. The first-order valence-electron chi connectivity index (χ1n) is 9.74. The molecule has 0 aliphatic carbocycles. The Labute approximate surface area is 161 Å². The molecule has 27 heavy (non-hydrogen) atoms. The third-order valence-electron chi connectivity index (χ3n) is 5.38. The molecule has 0 spiro atoms. The average Bonchev–Trinajstić information content (AvgIpc) is 2.71. The molecule has 0 radical (unpaired) electrons. The minimum Gasteiger partial charge on any atom is -0.300 e. The third kappa shape index (κ3) is 4.06. The molecule has 1 fully saturated rings. The van der Waals surface area contributed by atoms with Gasteiger partial charge in [0.2, 0.25) is 0 Å². The van der Waals surface area contributed by atoms with E-state index in [1.165, 1.54) is 28.9 Å². The quantitative estimate of drug-likeness (QED) is 0.738. The second-order valence-corrected chi connectivity index (χ2v) is 7.41. The lowest BCUT2D eigenvalue weighted by molar-refractivity contribution is 0.319. The second kappa shape index (κ2) is 7.97. The van der Waals surface area contributed by atoms with Crippen LogP contribution in [0, 0.1) is 13.8 Å². The van der Waals surface area contributed by atoms with E-state index in [1.807, 2.05) is 30.6 Å². The second-order valence-electron chi connectivity index (χ2n) is 7.41. The Kier molecular flexibility index (Phi) is 5.26. The predicted octanol–water partition coefficient (Wildman–Crippen LogP) is 4.64. The van der Waals surface area contributed by atoms with Crippen LogP contribution in [0.1, 0.15) is 65.2 Å². The summed E-state index contributed by atoms with van der Waals surface area (Å²) in [4.78, 5) is 14.1. The molecule has 1 aliphatic heterocycles. The summed E-state index contributed by atoms with van der Waals surface area (Å²) >= 11 is 0. The van der Waals surface area contributed by atoms with Crippen molar-refractivity contribution in [2.75, 3.05) is 0 Å². The molecule has 4 nitrogen and oxygen atoms in total. The first kappa shape index (κ1) is 17.8. The van der Waals surface area contributed by atoms with Crippen molar-refractivity contribution in [3.8, 4) is 0 Å². The van der Waals surface area contributed by atoms with E-state index in [0.29, 0.717) is 6.04 Å². The van der Waals surface area contributed by atoms with Crippen LogP contribution in [0.4, 0.5) is 0 Å². The summed E-state index contributed by atoms with van der Waals surface area (Å²) in [6.45, 7) is 4.30. The van der Waals surface area contributed by atoms with Crippen molar-refractivity contribution < 1.29 is 0 Å². The van der Waals surface area contributed by atoms with Crippen molar-refractivity contribution in [3.05, 3.63) is 88.8 Å².